The molecule has 0 radical (unpaired) electrons. The number of rotatable bonds is 5. The van der Waals surface area contributed by atoms with Crippen molar-refractivity contribution in [3.05, 3.63) is 54.1 Å². The van der Waals surface area contributed by atoms with Crippen molar-refractivity contribution in [3.8, 4) is 5.75 Å². The highest BCUT2D eigenvalue weighted by atomic mass is 19.4. The van der Waals surface area contributed by atoms with Crippen molar-refractivity contribution in [2.24, 2.45) is 0 Å². The second-order valence-electron chi connectivity index (χ2n) is 6.08. The molecule has 1 heterocycles. The van der Waals surface area contributed by atoms with E-state index in [1.807, 2.05) is 0 Å². The summed E-state index contributed by atoms with van der Waals surface area (Å²) in [5.74, 6) is -0.233. The van der Waals surface area contributed by atoms with Gasteiger partial charge < -0.3 is 15.0 Å². The Balaban J connectivity index is 1.59. The number of anilines is 2. The number of alkyl halides is 3. The van der Waals surface area contributed by atoms with E-state index in [0.29, 0.717) is 24.2 Å². The van der Waals surface area contributed by atoms with Gasteiger partial charge in [-0.05, 0) is 55.0 Å². The average molecular weight is 378 g/mol. The van der Waals surface area contributed by atoms with Crippen LogP contribution < -0.4 is 15.0 Å². The molecule has 0 aliphatic carbocycles. The van der Waals surface area contributed by atoms with Crippen molar-refractivity contribution in [2.75, 3.05) is 23.4 Å². The van der Waals surface area contributed by atoms with Crippen LogP contribution in [-0.2, 0) is 4.79 Å². The van der Waals surface area contributed by atoms with Crippen LogP contribution in [0, 0.1) is 0 Å². The van der Waals surface area contributed by atoms with Gasteiger partial charge in [-0.1, -0.05) is 0 Å². The maximum Gasteiger partial charge on any atom is 0.422 e. The molecule has 2 amide bonds. The lowest BCUT2D eigenvalue weighted by atomic mass is 10.1. The number of benzene rings is 2. The van der Waals surface area contributed by atoms with Gasteiger partial charge in [0.1, 0.15) is 5.75 Å². The largest absolute Gasteiger partial charge is 0.484 e. The maximum atomic E-state index is 12.3. The SMILES string of the molecule is O=C(Nc1ccc(OCC(F)(F)F)cc1)c1ccc(N2CCCC2=O)cc1. The zero-order chi connectivity index (χ0) is 19.4. The Hall–Kier alpha value is -3.03. The molecule has 3 rings (SSSR count). The lowest BCUT2D eigenvalue weighted by molar-refractivity contribution is -0.153. The summed E-state index contributed by atoms with van der Waals surface area (Å²) in [5, 5.41) is 2.66. The van der Waals surface area contributed by atoms with E-state index in [9.17, 15) is 22.8 Å². The fourth-order valence-corrected chi connectivity index (χ4v) is 2.72. The standard InChI is InChI=1S/C19H17F3N2O3/c20-19(21,22)12-27-16-9-5-14(6-10-16)23-18(26)13-3-7-15(8-4-13)24-11-1-2-17(24)25/h3-10H,1-2,11-12H2,(H,23,26). The molecular formula is C19H17F3N2O3. The normalized spacial score (nSPS) is 14.3. The van der Waals surface area contributed by atoms with Crippen molar-refractivity contribution in [3.63, 3.8) is 0 Å². The number of hydrogen-bond acceptors (Lipinski definition) is 3. The molecule has 1 fully saturated rings. The van der Waals surface area contributed by atoms with Crippen LogP contribution in [0.2, 0.25) is 0 Å². The molecule has 0 atom stereocenters. The third-order valence-corrected chi connectivity index (χ3v) is 4.03. The van der Waals surface area contributed by atoms with Crippen LogP contribution in [0.5, 0.6) is 5.75 Å². The fraction of sp³-hybridized carbons (Fsp3) is 0.263. The van der Waals surface area contributed by atoms with Gasteiger partial charge in [-0.25, -0.2) is 0 Å². The quantitative estimate of drug-likeness (QED) is 0.855. The van der Waals surface area contributed by atoms with Crippen LogP contribution >= 0.6 is 0 Å². The molecule has 0 bridgehead atoms. The number of amides is 2. The van der Waals surface area contributed by atoms with Crippen molar-refractivity contribution in [1.82, 2.24) is 0 Å². The summed E-state index contributed by atoms with van der Waals surface area (Å²) in [6, 6.07) is 12.3. The minimum atomic E-state index is -4.40. The first-order valence-electron chi connectivity index (χ1n) is 8.33. The molecule has 8 heteroatoms. The highest BCUT2D eigenvalue weighted by molar-refractivity contribution is 6.04. The van der Waals surface area contributed by atoms with Crippen LogP contribution in [0.4, 0.5) is 24.5 Å². The highest BCUT2D eigenvalue weighted by Crippen LogP contribution is 2.23. The van der Waals surface area contributed by atoms with Gasteiger partial charge in [0.15, 0.2) is 6.61 Å². The molecule has 27 heavy (non-hydrogen) atoms. The smallest absolute Gasteiger partial charge is 0.422 e. The minimum absolute atomic E-state index is 0.0601. The van der Waals surface area contributed by atoms with Crippen LogP contribution in [0.3, 0.4) is 0 Å². The summed E-state index contributed by atoms with van der Waals surface area (Å²) in [4.78, 5) is 25.7. The first-order valence-corrected chi connectivity index (χ1v) is 8.33. The summed E-state index contributed by atoms with van der Waals surface area (Å²) < 4.78 is 41.0. The van der Waals surface area contributed by atoms with Gasteiger partial charge in [0, 0.05) is 29.9 Å². The summed E-state index contributed by atoms with van der Waals surface area (Å²) in [5.41, 5.74) is 1.58. The van der Waals surface area contributed by atoms with Crippen LogP contribution in [0.25, 0.3) is 0 Å². The van der Waals surface area contributed by atoms with E-state index in [1.54, 1.807) is 29.2 Å². The number of nitrogens with zero attached hydrogens (tertiary/aromatic N) is 1. The fourth-order valence-electron chi connectivity index (χ4n) is 2.72. The Morgan fingerprint density at radius 3 is 2.30 bits per heavy atom. The number of ether oxygens (including phenoxy) is 1. The molecule has 1 aliphatic heterocycles. The third-order valence-electron chi connectivity index (χ3n) is 4.03. The summed E-state index contributed by atoms with van der Waals surface area (Å²) >= 11 is 0. The van der Waals surface area contributed by atoms with E-state index in [-0.39, 0.29) is 17.6 Å². The first-order chi connectivity index (χ1) is 12.8. The van der Waals surface area contributed by atoms with E-state index in [1.165, 1.54) is 24.3 Å². The lowest BCUT2D eigenvalue weighted by Crippen LogP contribution is -2.23. The van der Waals surface area contributed by atoms with Gasteiger partial charge in [0.2, 0.25) is 5.91 Å². The van der Waals surface area contributed by atoms with E-state index >= 15 is 0 Å². The van der Waals surface area contributed by atoms with E-state index < -0.39 is 12.8 Å². The Labute approximate surface area is 153 Å². The number of hydrogen-bond donors (Lipinski definition) is 1. The van der Waals surface area contributed by atoms with Crippen LogP contribution in [-0.4, -0.2) is 31.1 Å². The van der Waals surface area contributed by atoms with E-state index in [2.05, 4.69) is 10.1 Å². The number of halogens is 3. The molecule has 0 saturated carbocycles. The van der Waals surface area contributed by atoms with Gasteiger partial charge in [0.05, 0.1) is 0 Å². The third kappa shape index (κ3) is 4.99. The summed E-state index contributed by atoms with van der Waals surface area (Å²) in [6.45, 7) is -0.697. The van der Waals surface area contributed by atoms with E-state index in [0.717, 1.165) is 12.1 Å². The molecule has 1 saturated heterocycles. The predicted octanol–water partition coefficient (Wildman–Crippen LogP) is 4.01. The Bertz CT molecular complexity index is 818. The lowest BCUT2D eigenvalue weighted by Gasteiger charge is -2.15. The maximum absolute atomic E-state index is 12.3. The molecule has 2 aromatic carbocycles. The van der Waals surface area contributed by atoms with E-state index in [4.69, 9.17) is 0 Å². The topological polar surface area (TPSA) is 58.6 Å². The number of carbonyl (C=O) groups is 2. The minimum Gasteiger partial charge on any atom is -0.484 e. The second kappa shape index (κ2) is 7.69. The summed E-state index contributed by atoms with van der Waals surface area (Å²) in [6.07, 6.45) is -3.05. The molecule has 1 aliphatic rings. The molecule has 1 N–H and O–H groups in total. The number of carbonyl (C=O) groups excluding carboxylic acids is 2. The van der Waals surface area contributed by atoms with Crippen molar-refractivity contribution < 1.29 is 27.5 Å². The monoisotopic (exact) mass is 378 g/mol. The highest BCUT2D eigenvalue weighted by Gasteiger charge is 2.28. The van der Waals surface area contributed by atoms with Gasteiger partial charge >= 0.3 is 6.18 Å². The molecule has 0 aromatic heterocycles. The van der Waals surface area contributed by atoms with Crippen molar-refractivity contribution in [1.29, 1.82) is 0 Å². The number of nitrogens with one attached hydrogen (secondary N) is 1. The van der Waals surface area contributed by atoms with Gasteiger partial charge in [-0.2, -0.15) is 13.2 Å². The molecule has 142 valence electrons. The molecular weight excluding hydrogens is 361 g/mol. The molecule has 5 nitrogen and oxygen atoms in total. The Morgan fingerprint density at radius 1 is 1.07 bits per heavy atom. The van der Waals surface area contributed by atoms with Crippen molar-refractivity contribution >= 4 is 23.2 Å². The van der Waals surface area contributed by atoms with Gasteiger partial charge in [-0.15, -0.1) is 0 Å². The zero-order valence-corrected chi connectivity index (χ0v) is 14.3. The molecule has 0 spiro atoms. The molecule has 0 unspecified atom stereocenters. The predicted molar refractivity (Wildman–Crippen MR) is 94.0 cm³/mol. The molecule has 2 aromatic rings. The summed E-state index contributed by atoms with van der Waals surface area (Å²) in [7, 11) is 0. The zero-order valence-electron chi connectivity index (χ0n) is 14.3. The van der Waals surface area contributed by atoms with Gasteiger partial charge in [-0.3, -0.25) is 9.59 Å². The first kappa shape index (κ1) is 18.8. The van der Waals surface area contributed by atoms with Crippen LogP contribution in [0.15, 0.2) is 48.5 Å². The average Bonchev–Trinajstić information content (AvgIpc) is 3.06. The Kier molecular flexibility index (Phi) is 5.34. The second-order valence-corrected chi connectivity index (χ2v) is 6.08. The van der Waals surface area contributed by atoms with Crippen molar-refractivity contribution in [2.45, 2.75) is 19.0 Å². The van der Waals surface area contributed by atoms with Gasteiger partial charge in [0.25, 0.3) is 5.91 Å². The Morgan fingerprint density at radius 2 is 1.74 bits per heavy atom. The van der Waals surface area contributed by atoms with Crippen LogP contribution in [0.1, 0.15) is 23.2 Å².